The topological polar surface area (TPSA) is 237 Å². The van der Waals surface area contributed by atoms with Gasteiger partial charge in [0.05, 0.1) is 11.4 Å². The molecule has 0 radical (unpaired) electrons. The zero-order chi connectivity index (χ0) is 24.0. The van der Waals surface area contributed by atoms with Crippen molar-refractivity contribution in [2.24, 2.45) is 0 Å². The average molecular weight is 491 g/mol. The maximum absolute atomic E-state index is 8.49. The summed E-state index contributed by atoms with van der Waals surface area (Å²) in [5.41, 5.74) is 4.71. The molecule has 174 valence electrons. The van der Waals surface area contributed by atoms with Crippen molar-refractivity contribution in [2.45, 2.75) is 13.1 Å². The van der Waals surface area contributed by atoms with Crippen molar-refractivity contribution in [3.63, 3.8) is 0 Å². The molecule has 32 heavy (non-hydrogen) atoms. The number of halogens is 2. The van der Waals surface area contributed by atoms with Gasteiger partial charge in [-0.1, -0.05) is 24.3 Å². The number of pyridine rings is 2. The fraction of sp³-hybridized carbons (Fsp3) is 0.111. The molecule has 1 aromatic carbocycles. The van der Waals surface area contributed by atoms with Gasteiger partial charge in [0.1, 0.15) is 0 Å². The number of nitrogens with one attached hydrogen (secondary N) is 4. The van der Waals surface area contributed by atoms with Crippen LogP contribution >= 0.6 is 0 Å². The quantitative estimate of drug-likeness (QED) is 0.330. The van der Waals surface area contributed by atoms with E-state index >= 15 is 0 Å². The second kappa shape index (κ2) is 13.7. The molecule has 0 fully saturated rings. The Morgan fingerprint density at radius 2 is 0.875 bits per heavy atom. The maximum atomic E-state index is 8.49. The molecule has 0 atom stereocenters. The largest absolute Gasteiger partial charge is 0.376 e. The van der Waals surface area contributed by atoms with E-state index in [0.29, 0.717) is 0 Å². The first-order chi connectivity index (χ1) is 14.9. The Balaban J connectivity index is 0.000000431. The fourth-order valence-electron chi connectivity index (χ4n) is 2.19. The van der Waals surface area contributed by atoms with Crippen LogP contribution in [0.4, 0.5) is 11.4 Å². The van der Waals surface area contributed by atoms with Crippen LogP contribution in [-0.4, -0.2) is 0 Å². The van der Waals surface area contributed by atoms with Crippen molar-refractivity contribution in [3.05, 3.63) is 84.4 Å². The lowest BCUT2D eigenvalue weighted by molar-refractivity contribution is -2.00. The zero-order valence-corrected chi connectivity index (χ0v) is 17.9. The van der Waals surface area contributed by atoms with E-state index in [1.54, 1.807) is 0 Å². The molecule has 2 aromatic heterocycles. The van der Waals surface area contributed by atoms with Gasteiger partial charge in [0.25, 0.3) is 0 Å². The molecule has 2 heterocycles. The van der Waals surface area contributed by atoms with Gasteiger partial charge in [0.15, 0.2) is 24.8 Å². The second-order valence-electron chi connectivity index (χ2n) is 5.86. The molecule has 0 saturated heterocycles. The lowest BCUT2D eigenvalue weighted by Crippen LogP contribution is -2.68. The molecule has 0 aliphatic heterocycles. The zero-order valence-electron chi connectivity index (χ0n) is 16.4. The van der Waals surface area contributed by atoms with Crippen LogP contribution in [0.5, 0.6) is 0 Å². The molecular formula is C18H20Cl2N4O8. The van der Waals surface area contributed by atoms with E-state index in [1.807, 2.05) is 49.1 Å². The highest BCUT2D eigenvalue weighted by Crippen LogP contribution is 2.10. The van der Waals surface area contributed by atoms with Crippen molar-refractivity contribution in [1.29, 1.82) is 0 Å². The minimum atomic E-state index is -4.94. The standard InChI is InChI=1S/C18H18N4.2ClHO4/c1-3-17(13-19-9-1)21-11-15-5-7-16(8-6-15)12-22-18-4-2-10-20-14-18;2*2-1(3,4)5/h1-10,13-14,21-22H,11-12H2;2*(H,2,3,4,5). The van der Waals surface area contributed by atoms with Gasteiger partial charge in [-0.15, -0.1) is 20.5 Å². The van der Waals surface area contributed by atoms with Gasteiger partial charge < -0.3 is 10.6 Å². The lowest BCUT2D eigenvalue weighted by Gasteiger charge is -2.17. The molecule has 4 N–H and O–H groups in total. The molecule has 0 bridgehead atoms. The summed E-state index contributed by atoms with van der Waals surface area (Å²) in [6, 6.07) is 16.7. The van der Waals surface area contributed by atoms with Crippen molar-refractivity contribution in [3.8, 4) is 0 Å². The Kier molecular flexibility index (Phi) is 11.8. The van der Waals surface area contributed by atoms with Crippen molar-refractivity contribution < 1.29 is 67.7 Å². The van der Waals surface area contributed by atoms with E-state index in [2.05, 4.69) is 44.9 Å². The Morgan fingerprint density at radius 1 is 0.562 bits per heavy atom. The smallest absolute Gasteiger partial charge is 0.190 e. The van der Waals surface area contributed by atoms with Crippen molar-refractivity contribution >= 4 is 11.4 Å². The minimum Gasteiger partial charge on any atom is -0.376 e. The summed E-state index contributed by atoms with van der Waals surface area (Å²) in [4.78, 5) is 6.13. The Hall–Kier alpha value is -2.62. The van der Waals surface area contributed by atoms with Crippen molar-refractivity contribution in [2.75, 3.05) is 10.6 Å². The molecule has 12 nitrogen and oxygen atoms in total. The van der Waals surface area contributed by atoms with Gasteiger partial charge in [-0.05, 0) is 23.3 Å². The number of anilines is 2. The summed E-state index contributed by atoms with van der Waals surface area (Å²) in [6.45, 7) is 1.64. The van der Waals surface area contributed by atoms with Crippen LogP contribution in [0.25, 0.3) is 0 Å². The third kappa shape index (κ3) is 17.1. The number of rotatable bonds is 6. The van der Waals surface area contributed by atoms with Crippen LogP contribution in [0, 0.1) is 20.5 Å². The van der Waals surface area contributed by atoms with Crippen LogP contribution in [0.1, 0.15) is 11.1 Å². The van der Waals surface area contributed by atoms with Gasteiger partial charge in [-0.2, -0.15) is 0 Å². The first kappa shape index (κ1) is 27.4. The maximum Gasteiger partial charge on any atom is 0.190 e. The molecule has 0 spiro atoms. The number of benzene rings is 1. The molecule has 0 aliphatic rings. The third-order valence-electron chi connectivity index (χ3n) is 3.43. The highest BCUT2D eigenvalue weighted by Gasteiger charge is 1.98. The van der Waals surface area contributed by atoms with Crippen LogP contribution in [0.15, 0.2) is 73.3 Å². The highest BCUT2D eigenvalue weighted by molar-refractivity contribution is 5.41. The summed E-state index contributed by atoms with van der Waals surface area (Å²) < 4.78 is 67.9. The number of hydrogen-bond acceptors (Lipinski definition) is 10. The van der Waals surface area contributed by atoms with E-state index in [4.69, 9.17) is 37.3 Å². The summed E-state index contributed by atoms with van der Waals surface area (Å²) in [7, 11) is -9.89. The summed E-state index contributed by atoms with van der Waals surface area (Å²) in [5.74, 6) is 0. The van der Waals surface area contributed by atoms with Gasteiger partial charge >= 0.3 is 0 Å². The predicted molar refractivity (Wildman–Crippen MR) is 87.1 cm³/mol. The molecule has 0 unspecified atom stereocenters. The summed E-state index contributed by atoms with van der Waals surface area (Å²) in [6.07, 6.45) is 7.71. The van der Waals surface area contributed by atoms with E-state index in [-0.39, 0.29) is 0 Å². The van der Waals surface area contributed by atoms with E-state index in [1.165, 1.54) is 11.1 Å². The minimum absolute atomic E-state index is 0.819. The normalized spacial score (nSPS) is 10.8. The number of aromatic nitrogens is 2. The van der Waals surface area contributed by atoms with Gasteiger partial charge in [-0.25, -0.2) is 47.2 Å². The van der Waals surface area contributed by atoms with Gasteiger partial charge in [0, 0.05) is 25.2 Å². The molecule has 3 rings (SSSR count). The monoisotopic (exact) mass is 490 g/mol. The Bertz CT molecular complexity index is 793. The molecule has 0 saturated carbocycles. The number of hydrogen-bond donors (Lipinski definition) is 2. The number of aromatic amines is 2. The molecule has 0 amide bonds. The Morgan fingerprint density at radius 3 is 1.12 bits per heavy atom. The summed E-state index contributed by atoms with van der Waals surface area (Å²) in [5, 5.41) is 6.77. The number of H-pyrrole nitrogens is 2. The molecular weight excluding hydrogens is 471 g/mol. The molecule has 0 aliphatic carbocycles. The average Bonchev–Trinajstić information content (AvgIpc) is 2.71. The lowest BCUT2D eigenvalue weighted by atomic mass is 10.1. The Labute approximate surface area is 187 Å². The summed E-state index contributed by atoms with van der Waals surface area (Å²) >= 11 is 0. The fourth-order valence-corrected chi connectivity index (χ4v) is 2.19. The van der Waals surface area contributed by atoms with Gasteiger partial charge in [-0.3, -0.25) is 0 Å². The third-order valence-corrected chi connectivity index (χ3v) is 3.43. The van der Waals surface area contributed by atoms with E-state index in [0.717, 1.165) is 24.5 Å². The van der Waals surface area contributed by atoms with Crippen molar-refractivity contribution in [1.82, 2.24) is 0 Å². The molecule has 14 heteroatoms. The van der Waals surface area contributed by atoms with Crippen LogP contribution in [0.2, 0.25) is 0 Å². The van der Waals surface area contributed by atoms with E-state index < -0.39 is 20.5 Å². The van der Waals surface area contributed by atoms with Crippen LogP contribution < -0.4 is 57.9 Å². The molecule has 3 aromatic rings. The predicted octanol–water partition coefficient (Wildman–Crippen LogP) is -6.97. The van der Waals surface area contributed by atoms with Crippen LogP contribution in [0.3, 0.4) is 0 Å². The highest BCUT2D eigenvalue weighted by atomic mass is 35.7. The van der Waals surface area contributed by atoms with Crippen LogP contribution in [-0.2, 0) is 13.1 Å². The second-order valence-corrected chi connectivity index (χ2v) is 7.38. The SMILES string of the molecule is [O-][Cl+3]([O-])([O-])[O-].[O-][Cl+3]([O-])([O-])[O-].c1c[nH+]cc(NCc2ccc(CNc3ccc[nH+]c3)cc2)c1. The first-order valence-corrected chi connectivity index (χ1v) is 11.1. The van der Waals surface area contributed by atoms with E-state index in [9.17, 15) is 0 Å². The first-order valence-electron chi connectivity index (χ1n) is 8.61. The van der Waals surface area contributed by atoms with Gasteiger partial charge in [0.2, 0.25) is 0 Å².